The maximum Gasteiger partial charge on any atom is 0.0973 e. The van der Waals surface area contributed by atoms with Crippen LogP contribution in [-0.4, -0.2) is 6.10 Å². The summed E-state index contributed by atoms with van der Waals surface area (Å²) in [6.45, 7) is 4.19. The second-order valence-electron chi connectivity index (χ2n) is 1.84. The minimum absolute atomic E-state index is 0.333. The number of ether oxygens (including phenoxy) is 1. The van der Waals surface area contributed by atoms with Crippen molar-refractivity contribution in [2.24, 2.45) is 0 Å². The first-order valence-corrected chi connectivity index (χ1v) is 3.69. The van der Waals surface area contributed by atoms with Crippen LogP contribution in [0.15, 0.2) is 11.8 Å². The van der Waals surface area contributed by atoms with Crippen LogP contribution in [0.4, 0.5) is 0 Å². The van der Waals surface area contributed by atoms with E-state index in [9.17, 15) is 0 Å². The molecular formula is C7H13ClO. The zero-order valence-corrected chi connectivity index (χ0v) is 6.69. The van der Waals surface area contributed by atoms with Crippen molar-refractivity contribution in [3.05, 3.63) is 11.8 Å². The van der Waals surface area contributed by atoms with Crippen LogP contribution in [0.25, 0.3) is 0 Å². The SMILES string of the molecule is CCC(CC)O/C=C/Cl. The van der Waals surface area contributed by atoms with E-state index in [0.717, 1.165) is 12.8 Å². The third kappa shape index (κ3) is 4.34. The van der Waals surface area contributed by atoms with Gasteiger partial charge in [0.25, 0.3) is 0 Å². The van der Waals surface area contributed by atoms with Crippen LogP contribution in [0.2, 0.25) is 0 Å². The van der Waals surface area contributed by atoms with Crippen molar-refractivity contribution in [3.63, 3.8) is 0 Å². The Morgan fingerprint density at radius 3 is 2.33 bits per heavy atom. The van der Waals surface area contributed by atoms with Gasteiger partial charge in [0.2, 0.25) is 0 Å². The first kappa shape index (κ1) is 8.83. The smallest absolute Gasteiger partial charge is 0.0973 e. The van der Waals surface area contributed by atoms with Gasteiger partial charge in [-0.2, -0.15) is 0 Å². The topological polar surface area (TPSA) is 9.23 Å². The summed E-state index contributed by atoms with van der Waals surface area (Å²) < 4.78 is 5.18. The predicted octanol–water partition coefficient (Wildman–Crippen LogP) is 2.90. The number of hydrogen-bond donors (Lipinski definition) is 0. The molecule has 0 unspecified atom stereocenters. The Labute approximate surface area is 61.7 Å². The molecule has 1 nitrogen and oxygen atoms in total. The van der Waals surface area contributed by atoms with Gasteiger partial charge in [-0.05, 0) is 12.8 Å². The van der Waals surface area contributed by atoms with Crippen LogP contribution < -0.4 is 0 Å². The Bertz CT molecular complexity index is 77.0. The molecule has 0 heterocycles. The molecule has 0 rings (SSSR count). The van der Waals surface area contributed by atoms with Crippen LogP contribution in [0.1, 0.15) is 26.7 Å². The number of hydrogen-bond acceptors (Lipinski definition) is 1. The normalized spacial score (nSPS) is 11.1. The van der Waals surface area contributed by atoms with Gasteiger partial charge in [-0.3, -0.25) is 0 Å². The van der Waals surface area contributed by atoms with E-state index in [0.29, 0.717) is 6.10 Å². The molecule has 0 aliphatic rings. The second-order valence-corrected chi connectivity index (χ2v) is 2.09. The van der Waals surface area contributed by atoms with Crippen molar-refractivity contribution in [1.29, 1.82) is 0 Å². The fourth-order valence-corrected chi connectivity index (χ4v) is 0.681. The molecule has 9 heavy (non-hydrogen) atoms. The second kappa shape index (κ2) is 5.96. The van der Waals surface area contributed by atoms with Gasteiger partial charge in [0.05, 0.1) is 12.4 Å². The average Bonchev–Trinajstić information content (AvgIpc) is 1.91. The molecule has 0 aromatic heterocycles. The quantitative estimate of drug-likeness (QED) is 0.557. The van der Waals surface area contributed by atoms with Gasteiger partial charge in [-0.1, -0.05) is 25.4 Å². The summed E-state index contributed by atoms with van der Waals surface area (Å²) in [5.74, 6) is 0. The monoisotopic (exact) mass is 148 g/mol. The molecule has 54 valence electrons. The highest BCUT2D eigenvalue weighted by Crippen LogP contribution is 2.02. The minimum atomic E-state index is 0.333. The van der Waals surface area contributed by atoms with E-state index >= 15 is 0 Å². The summed E-state index contributed by atoms with van der Waals surface area (Å²) in [7, 11) is 0. The highest BCUT2D eigenvalue weighted by atomic mass is 35.5. The van der Waals surface area contributed by atoms with Gasteiger partial charge in [0, 0.05) is 5.54 Å². The molecule has 0 saturated heterocycles. The summed E-state index contributed by atoms with van der Waals surface area (Å²) in [4.78, 5) is 0. The molecule has 0 aliphatic carbocycles. The summed E-state index contributed by atoms with van der Waals surface area (Å²) in [6, 6.07) is 0. The van der Waals surface area contributed by atoms with Crippen molar-refractivity contribution in [1.82, 2.24) is 0 Å². The van der Waals surface area contributed by atoms with E-state index in [1.165, 1.54) is 11.8 Å². The standard InChI is InChI=1S/C7H13ClO/c1-3-7(4-2)9-6-5-8/h5-7H,3-4H2,1-2H3/b6-5+. The lowest BCUT2D eigenvalue weighted by Crippen LogP contribution is -2.04. The van der Waals surface area contributed by atoms with E-state index in [4.69, 9.17) is 16.3 Å². The Morgan fingerprint density at radius 1 is 1.44 bits per heavy atom. The molecule has 2 heteroatoms. The Morgan fingerprint density at radius 2 is 2.00 bits per heavy atom. The largest absolute Gasteiger partial charge is 0.497 e. The Hall–Kier alpha value is -0.170. The maximum atomic E-state index is 5.25. The van der Waals surface area contributed by atoms with E-state index in [1.54, 1.807) is 0 Å². The molecule has 0 spiro atoms. The summed E-state index contributed by atoms with van der Waals surface area (Å²) in [5.41, 5.74) is 1.39. The molecule has 0 amide bonds. The van der Waals surface area contributed by atoms with Crippen LogP contribution in [0, 0.1) is 0 Å². The van der Waals surface area contributed by atoms with Crippen molar-refractivity contribution >= 4 is 11.6 Å². The molecular weight excluding hydrogens is 136 g/mol. The van der Waals surface area contributed by atoms with Crippen molar-refractivity contribution < 1.29 is 4.74 Å². The fourth-order valence-electron chi connectivity index (χ4n) is 0.622. The van der Waals surface area contributed by atoms with Crippen molar-refractivity contribution in [2.75, 3.05) is 0 Å². The highest BCUT2D eigenvalue weighted by molar-refractivity contribution is 6.25. The lowest BCUT2D eigenvalue weighted by molar-refractivity contribution is 0.137. The van der Waals surface area contributed by atoms with Gasteiger partial charge in [-0.15, -0.1) is 0 Å². The Balaban J connectivity index is 3.31. The fraction of sp³-hybridized carbons (Fsp3) is 0.714. The highest BCUT2D eigenvalue weighted by Gasteiger charge is 1.98. The Kier molecular flexibility index (Phi) is 5.85. The molecule has 0 atom stereocenters. The predicted molar refractivity (Wildman–Crippen MR) is 40.4 cm³/mol. The van der Waals surface area contributed by atoms with Crippen molar-refractivity contribution in [2.45, 2.75) is 32.8 Å². The van der Waals surface area contributed by atoms with E-state index in [1.807, 2.05) is 0 Å². The molecule has 0 aliphatic heterocycles. The average molecular weight is 149 g/mol. The summed E-state index contributed by atoms with van der Waals surface area (Å²) in [6.07, 6.45) is 3.94. The lowest BCUT2D eigenvalue weighted by atomic mass is 10.2. The van der Waals surface area contributed by atoms with Crippen LogP contribution in [0.3, 0.4) is 0 Å². The molecule has 0 bridgehead atoms. The zero-order chi connectivity index (χ0) is 7.11. The van der Waals surface area contributed by atoms with Crippen molar-refractivity contribution in [3.8, 4) is 0 Å². The minimum Gasteiger partial charge on any atom is -0.497 e. The molecule has 0 aromatic carbocycles. The number of halogens is 1. The first-order valence-electron chi connectivity index (χ1n) is 3.25. The van der Waals surface area contributed by atoms with Crippen LogP contribution in [0.5, 0.6) is 0 Å². The molecule has 0 fully saturated rings. The van der Waals surface area contributed by atoms with Gasteiger partial charge in [0.15, 0.2) is 0 Å². The van der Waals surface area contributed by atoms with E-state index in [2.05, 4.69) is 13.8 Å². The van der Waals surface area contributed by atoms with Gasteiger partial charge < -0.3 is 4.74 Å². The molecule has 0 N–H and O–H groups in total. The van der Waals surface area contributed by atoms with E-state index < -0.39 is 0 Å². The third-order valence-corrected chi connectivity index (χ3v) is 1.34. The first-order chi connectivity index (χ1) is 4.35. The lowest BCUT2D eigenvalue weighted by Gasteiger charge is -2.10. The van der Waals surface area contributed by atoms with Gasteiger partial charge in [0.1, 0.15) is 0 Å². The summed E-state index contributed by atoms with van der Waals surface area (Å²) in [5, 5.41) is 0. The number of rotatable bonds is 4. The van der Waals surface area contributed by atoms with E-state index in [-0.39, 0.29) is 0 Å². The molecule has 0 radical (unpaired) electrons. The maximum absolute atomic E-state index is 5.25. The van der Waals surface area contributed by atoms with Crippen LogP contribution in [-0.2, 0) is 4.74 Å². The zero-order valence-electron chi connectivity index (χ0n) is 5.93. The van der Waals surface area contributed by atoms with Crippen LogP contribution >= 0.6 is 11.6 Å². The summed E-state index contributed by atoms with van der Waals surface area (Å²) >= 11 is 5.25. The van der Waals surface area contributed by atoms with Gasteiger partial charge >= 0.3 is 0 Å². The molecule has 0 saturated carbocycles. The molecule has 0 aromatic rings. The third-order valence-electron chi connectivity index (χ3n) is 1.23. The van der Waals surface area contributed by atoms with Gasteiger partial charge in [-0.25, -0.2) is 0 Å².